The predicted octanol–water partition coefficient (Wildman–Crippen LogP) is 3.25. The number of fused-ring (bicyclic) bond motifs is 1. The quantitative estimate of drug-likeness (QED) is 0.852. The molecule has 5 heteroatoms. The molecular weight excluding hydrogens is 298 g/mol. The standard InChI is InChI=1S/C17H20ClN3O/c1-11-17(9-22-11)21-4-2-12(3-5-21)14-7-16-13(6-15(14)18)8-19-10-20-16/h6-8,10-12,17H,2-5,9H2,1H3. The maximum absolute atomic E-state index is 6.51. The molecule has 2 atom stereocenters. The molecule has 0 aliphatic carbocycles. The molecule has 1 aromatic carbocycles. The van der Waals surface area contributed by atoms with Gasteiger partial charge < -0.3 is 4.74 Å². The van der Waals surface area contributed by atoms with Crippen LogP contribution >= 0.6 is 11.6 Å². The number of aromatic nitrogens is 2. The summed E-state index contributed by atoms with van der Waals surface area (Å²) in [4.78, 5) is 11.0. The third kappa shape index (κ3) is 2.49. The number of likely N-dealkylation sites (tertiary alicyclic amines) is 1. The molecule has 2 unspecified atom stereocenters. The second-order valence-corrected chi connectivity index (χ2v) is 6.78. The molecule has 2 fully saturated rings. The minimum absolute atomic E-state index is 0.387. The van der Waals surface area contributed by atoms with Crippen LogP contribution in [0, 0.1) is 0 Å². The topological polar surface area (TPSA) is 38.2 Å². The molecule has 0 amide bonds. The van der Waals surface area contributed by atoms with Crippen LogP contribution < -0.4 is 0 Å². The van der Waals surface area contributed by atoms with Gasteiger partial charge in [-0.15, -0.1) is 0 Å². The van der Waals surface area contributed by atoms with Gasteiger partial charge in [-0.25, -0.2) is 9.97 Å². The van der Waals surface area contributed by atoms with Crippen molar-refractivity contribution in [3.8, 4) is 0 Å². The minimum Gasteiger partial charge on any atom is -0.375 e. The van der Waals surface area contributed by atoms with Crippen LogP contribution in [0.2, 0.25) is 5.02 Å². The van der Waals surface area contributed by atoms with Crippen molar-refractivity contribution in [1.29, 1.82) is 0 Å². The first kappa shape index (κ1) is 14.4. The number of benzene rings is 1. The molecule has 0 radical (unpaired) electrons. The largest absolute Gasteiger partial charge is 0.375 e. The fraction of sp³-hybridized carbons (Fsp3) is 0.529. The Morgan fingerprint density at radius 1 is 1.27 bits per heavy atom. The predicted molar refractivity (Wildman–Crippen MR) is 87.3 cm³/mol. The highest BCUT2D eigenvalue weighted by molar-refractivity contribution is 6.32. The maximum atomic E-state index is 6.51. The van der Waals surface area contributed by atoms with E-state index in [1.807, 2.05) is 12.3 Å². The molecule has 0 N–H and O–H groups in total. The van der Waals surface area contributed by atoms with Gasteiger partial charge in [0.05, 0.1) is 24.3 Å². The summed E-state index contributed by atoms with van der Waals surface area (Å²) >= 11 is 6.51. The summed E-state index contributed by atoms with van der Waals surface area (Å²) in [5.74, 6) is 0.527. The Balaban J connectivity index is 1.52. The van der Waals surface area contributed by atoms with Crippen molar-refractivity contribution in [1.82, 2.24) is 14.9 Å². The average Bonchev–Trinajstić information content (AvgIpc) is 2.53. The first-order valence-electron chi connectivity index (χ1n) is 7.97. The smallest absolute Gasteiger partial charge is 0.116 e. The van der Waals surface area contributed by atoms with E-state index >= 15 is 0 Å². The molecule has 4 rings (SSSR count). The lowest BCUT2D eigenvalue weighted by molar-refractivity contribution is -0.129. The van der Waals surface area contributed by atoms with Gasteiger partial charge in [0.25, 0.3) is 0 Å². The van der Waals surface area contributed by atoms with Gasteiger partial charge in [-0.3, -0.25) is 4.90 Å². The van der Waals surface area contributed by atoms with Gasteiger partial charge in [0.1, 0.15) is 6.33 Å². The lowest BCUT2D eigenvalue weighted by Crippen LogP contribution is -2.56. The second kappa shape index (κ2) is 5.76. The van der Waals surface area contributed by atoms with Crippen molar-refractivity contribution >= 4 is 22.5 Å². The fourth-order valence-corrected chi connectivity index (χ4v) is 3.98. The van der Waals surface area contributed by atoms with E-state index in [0.29, 0.717) is 18.1 Å². The van der Waals surface area contributed by atoms with E-state index in [4.69, 9.17) is 16.3 Å². The number of nitrogens with zero attached hydrogens (tertiary/aromatic N) is 3. The van der Waals surface area contributed by atoms with Crippen LogP contribution in [-0.2, 0) is 4.74 Å². The van der Waals surface area contributed by atoms with Crippen molar-refractivity contribution in [2.75, 3.05) is 19.7 Å². The average molecular weight is 318 g/mol. The Labute approximate surface area is 135 Å². The molecule has 0 spiro atoms. The van der Waals surface area contributed by atoms with Crippen molar-refractivity contribution < 1.29 is 4.74 Å². The molecule has 2 aromatic rings. The summed E-state index contributed by atoms with van der Waals surface area (Å²) in [5.41, 5.74) is 2.23. The van der Waals surface area contributed by atoms with E-state index in [2.05, 4.69) is 27.9 Å². The Morgan fingerprint density at radius 2 is 2.09 bits per heavy atom. The van der Waals surface area contributed by atoms with Crippen LogP contribution in [0.15, 0.2) is 24.7 Å². The normalized spacial score (nSPS) is 27.0. The number of piperidine rings is 1. The number of hydrogen-bond donors (Lipinski definition) is 0. The molecule has 0 bridgehead atoms. The van der Waals surface area contributed by atoms with E-state index in [1.165, 1.54) is 5.56 Å². The van der Waals surface area contributed by atoms with Gasteiger partial charge in [0.2, 0.25) is 0 Å². The first-order chi connectivity index (χ1) is 10.7. The van der Waals surface area contributed by atoms with Crippen LogP contribution in [0.1, 0.15) is 31.2 Å². The molecular formula is C17H20ClN3O. The highest BCUT2D eigenvalue weighted by Gasteiger charge is 2.35. The van der Waals surface area contributed by atoms with Gasteiger partial charge >= 0.3 is 0 Å². The van der Waals surface area contributed by atoms with Gasteiger partial charge in [-0.05, 0) is 56.5 Å². The Morgan fingerprint density at radius 3 is 2.77 bits per heavy atom. The van der Waals surface area contributed by atoms with Gasteiger partial charge in [-0.2, -0.15) is 0 Å². The SMILES string of the molecule is CC1OCC1N1CCC(c2cc3ncncc3cc2Cl)CC1. The van der Waals surface area contributed by atoms with Crippen molar-refractivity contribution in [2.24, 2.45) is 0 Å². The summed E-state index contributed by atoms with van der Waals surface area (Å²) in [5, 5.41) is 1.86. The Bertz CT molecular complexity index is 685. The number of halogens is 1. The van der Waals surface area contributed by atoms with Gasteiger partial charge in [-0.1, -0.05) is 11.6 Å². The highest BCUT2D eigenvalue weighted by atomic mass is 35.5. The van der Waals surface area contributed by atoms with E-state index in [1.54, 1.807) is 6.33 Å². The minimum atomic E-state index is 0.387. The lowest BCUT2D eigenvalue weighted by Gasteiger charge is -2.45. The summed E-state index contributed by atoms with van der Waals surface area (Å²) in [6.45, 7) is 5.31. The molecule has 1 aromatic heterocycles. The monoisotopic (exact) mass is 317 g/mol. The second-order valence-electron chi connectivity index (χ2n) is 6.37. The molecule has 3 heterocycles. The number of ether oxygens (including phenoxy) is 1. The number of rotatable bonds is 2. The maximum Gasteiger partial charge on any atom is 0.116 e. The van der Waals surface area contributed by atoms with Crippen LogP contribution in [0.25, 0.3) is 10.9 Å². The summed E-state index contributed by atoms with van der Waals surface area (Å²) < 4.78 is 5.50. The zero-order valence-electron chi connectivity index (χ0n) is 12.7. The van der Waals surface area contributed by atoms with E-state index < -0.39 is 0 Å². The zero-order valence-corrected chi connectivity index (χ0v) is 13.5. The van der Waals surface area contributed by atoms with Crippen molar-refractivity contribution in [3.63, 3.8) is 0 Å². The van der Waals surface area contributed by atoms with Crippen LogP contribution in [0.4, 0.5) is 0 Å². The molecule has 4 nitrogen and oxygen atoms in total. The highest BCUT2D eigenvalue weighted by Crippen LogP contribution is 2.36. The third-order valence-corrected chi connectivity index (χ3v) is 5.46. The fourth-order valence-electron chi connectivity index (χ4n) is 3.65. The summed E-state index contributed by atoms with van der Waals surface area (Å²) in [6.07, 6.45) is 6.11. The molecule has 2 aliphatic heterocycles. The Kier molecular flexibility index (Phi) is 3.76. The number of hydrogen-bond acceptors (Lipinski definition) is 4. The Hall–Kier alpha value is -1.23. The molecule has 2 saturated heterocycles. The third-order valence-electron chi connectivity index (χ3n) is 5.13. The van der Waals surface area contributed by atoms with Gasteiger partial charge in [0, 0.05) is 16.6 Å². The molecule has 2 aliphatic rings. The van der Waals surface area contributed by atoms with Crippen LogP contribution in [0.3, 0.4) is 0 Å². The van der Waals surface area contributed by atoms with E-state index in [0.717, 1.165) is 48.5 Å². The van der Waals surface area contributed by atoms with Crippen molar-refractivity contribution in [3.05, 3.63) is 35.2 Å². The first-order valence-corrected chi connectivity index (χ1v) is 8.35. The molecule has 0 saturated carbocycles. The van der Waals surface area contributed by atoms with Crippen molar-refractivity contribution in [2.45, 2.75) is 37.8 Å². The summed E-state index contributed by atoms with van der Waals surface area (Å²) in [6, 6.07) is 4.76. The van der Waals surface area contributed by atoms with E-state index in [-0.39, 0.29) is 0 Å². The van der Waals surface area contributed by atoms with E-state index in [9.17, 15) is 0 Å². The lowest BCUT2D eigenvalue weighted by atomic mass is 9.87. The zero-order chi connectivity index (χ0) is 15.1. The van der Waals surface area contributed by atoms with Crippen LogP contribution in [0.5, 0.6) is 0 Å². The van der Waals surface area contributed by atoms with Crippen LogP contribution in [-0.4, -0.2) is 46.7 Å². The summed E-state index contributed by atoms with van der Waals surface area (Å²) in [7, 11) is 0. The molecule has 116 valence electrons. The molecule has 22 heavy (non-hydrogen) atoms. The van der Waals surface area contributed by atoms with Gasteiger partial charge in [0.15, 0.2) is 0 Å².